The lowest BCUT2D eigenvalue weighted by Gasteiger charge is -2.06. The number of nitrogens with zero attached hydrogens (tertiary/aromatic N) is 2. The highest BCUT2D eigenvalue weighted by Crippen LogP contribution is 2.21. The second-order valence-electron chi connectivity index (χ2n) is 5.13. The average Bonchev–Trinajstić information content (AvgIpc) is 3.06. The van der Waals surface area contributed by atoms with E-state index in [4.69, 9.17) is 0 Å². The number of hydrogen-bond donors (Lipinski definition) is 2. The Hall–Kier alpha value is -2.12. The smallest absolute Gasteiger partial charge is 0.234 e. The van der Waals surface area contributed by atoms with Crippen LogP contribution in [0.4, 0.5) is 5.69 Å². The van der Waals surface area contributed by atoms with Gasteiger partial charge in [0.25, 0.3) is 0 Å². The quantitative estimate of drug-likeness (QED) is 0.624. The lowest BCUT2D eigenvalue weighted by molar-refractivity contribution is -0.113. The summed E-state index contributed by atoms with van der Waals surface area (Å²) in [6.45, 7) is 1.98. The predicted octanol–water partition coefficient (Wildman–Crippen LogP) is 4.27. The van der Waals surface area contributed by atoms with E-state index in [-0.39, 0.29) is 11.7 Å². The van der Waals surface area contributed by atoms with Crippen molar-refractivity contribution in [2.75, 3.05) is 11.1 Å². The van der Waals surface area contributed by atoms with Crippen molar-refractivity contribution in [3.63, 3.8) is 0 Å². The molecule has 0 aliphatic heterocycles. The molecular weight excluding hydrogens is 388 g/mol. The molecule has 0 spiro atoms. The molecule has 7 heteroatoms. The van der Waals surface area contributed by atoms with E-state index in [2.05, 4.69) is 36.4 Å². The van der Waals surface area contributed by atoms with Gasteiger partial charge < -0.3 is 5.32 Å². The van der Waals surface area contributed by atoms with Crippen LogP contribution in [-0.4, -0.2) is 26.8 Å². The lowest BCUT2D eigenvalue weighted by Crippen LogP contribution is -2.14. The van der Waals surface area contributed by atoms with Gasteiger partial charge in [0.15, 0.2) is 5.82 Å². The van der Waals surface area contributed by atoms with E-state index < -0.39 is 0 Å². The third-order valence-corrected chi connectivity index (χ3v) is 5.02. The number of rotatable bonds is 5. The Labute approximate surface area is 152 Å². The highest BCUT2D eigenvalue weighted by Gasteiger charge is 2.09. The Morgan fingerprint density at radius 2 is 2.04 bits per heavy atom. The molecule has 0 saturated heterocycles. The Balaban J connectivity index is 1.56. The van der Waals surface area contributed by atoms with Gasteiger partial charge in [-0.1, -0.05) is 58.0 Å². The van der Waals surface area contributed by atoms with Gasteiger partial charge in [0.2, 0.25) is 11.1 Å². The van der Waals surface area contributed by atoms with Crippen LogP contribution in [0.3, 0.4) is 0 Å². The molecule has 0 bridgehead atoms. The SMILES string of the molecule is Cc1cc(NC(=O)CSc2n[nH]c(-c3ccccc3)n2)ccc1Br. The molecule has 1 amide bonds. The van der Waals surface area contributed by atoms with Gasteiger partial charge in [0.1, 0.15) is 0 Å². The van der Waals surface area contributed by atoms with E-state index in [9.17, 15) is 4.79 Å². The van der Waals surface area contributed by atoms with Crippen molar-refractivity contribution in [2.24, 2.45) is 0 Å². The zero-order valence-electron chi connectivity index (χ0n) is 12.9. The monoisotopic (exact) mass is 402 g/mol. The molecule has 0 saturated carbocycles. The van der Waals surface area contributed by atoms with Gasteiger partial charge in [-0.25, -0.2) is 4.98 Å². The number of aryl methyl sites for hydroxylation is 1. The molecule has 0 aliphatic rings. The molecule has 24 heavy (non-hydrogen) atoms. The number of hydrogen-bond acceptors (Lipinski definition) is 4. The largest absolute Gasteiger partial charge is 0.325 e. The Kier molecular flexibility index (Phi) is 5.32. The number of thioether (sulfide) groups is 1. The molecule has 0 unspecified atom stereocenters. The molecule has 1 aromatic heterocycles. The Morgan fingerprint density at radius 1 is 1.25 bits per heavy atom. The third-order valence-electron chi connectivity index (χ3n) is 3.29. The second-order valence-corrected chi connectivity index (χ2v) is 6.93. The van der Waals surface area contributed by atoms with Gasteiger partial charge in [-0.3, -0.25) is 9.89 Å². The maximum Gasteiger partial charge on any atom is 0.234 e. The van der Waals surface area contributed by atoms with Crippen molar-refractivity contribution >= 4 is 39.3 Å². The van der Waals surface area contributed by atoms with Crippen LogP contribution in [0.1, 0.15) is 5.56 Å². The van der Waals surface area contributed by atoms with E-state index >= 15 is 0 Å². The highest BCUT2D eigenvalue weighted by molar-refractivity contribution is 9.10. The number of amides is 1. The second kappa shape index (κ2) is 7.63. The van der Waals surface area contributed by atoms with Gasteiger partial charge in [0, 0.05) is 15.7 Å². The molecule has 0 fully saturated rings. The van der Waals surface area contributed by atoms with E-state index in [0.29, 0.717) is 11.0 Å². The highest BCUT2D eigenvalue weighted by atomic mass is 79.9. The average molecular weight is 403 g/mol. The van der Waals surface area contributed by atoms with Crippen LogP contribution in [0.25, 0.3) is 11.4 Å². The van der Waals surface area contributed by atoms with Gasteiger partial charge in [-0.05, 0) is 30.7 Å². The fourth-order valence-corrected chi connectivity index (χ4v) is 2.93. The van der Waals surface area contributed by atoms with Crippen LogP contribution in [0.5, 0.6) is 0 Å². The predicted molar refractivity (Wildman–Crippen MR) is 100 cm³/mol. The zero-order valence-corrected chi connectivity index (χ0v) is 15.3. The number of aromatic amines is 1. The van der Waals surface area contributed by atoms with E-state index in [0.717, 1.165) is 21.3 Å². The van der Waals surface area contributed by atoms with Crippen LogP contribution >= 0.6 is 27.7 Å². The first-order valence-electron chi connectivity index (χ1n) is 7.28. The zero-order chi connectivity index (χ0) is 16.9. The summed E-state index contributed by atoms with van der Waals surface area (Å²) < 4.78 is 1.02. The number of anilines is 1. The molecule has 5 nitrogen and oxygen atoms in total. The third kappa shape index (κ3) is 4.24. The summed E-state index contributed by atoms with van der Waals surface area (Å²) in [5, 5.41) is 10.5. The minimum atomic E-state index is -0.0900. The van der Waals surface area contributed by atoms with Gasteiger partial charge in [-0.2, -0.15) is 0 Å². The number of H-pyrrole nitrogens is 1. The number of nitrogens with one attached hydrogen (secondary N) is 2. The van der Waals surface area contributed by atoms with Gasteiger partial charge >= 0.3 is 0 Å². The van der Waals surface area contributed by atoms with E-state index in [1.54, 1.807) is 0 Å². The maximum absolute atomic E-state index is 12.0. The minimum absolute atomic E-state index is 0.0900. The topological polar surface area (TPSA) is 70.7 Å². The van der Waals surface area contributed by atoms with Crippen molar-refractivity contribution in [3.05, 3.63) is 58.6 Å². The van der Waals surface area contributed by atoms with Crippen LogP contribution in [0.2, 0.25) is 0 Å². The first-order valence-corrected chi connectivity index (χ1v) is 9.06. The number of benzene rings is 2. The molecule has 0 radical (unpaired) electrons. The lowest BCUT2D eigenvalue weighted by atomic mass is 10.2. The maximum atomic E-state index is 12.0. The van der Waals surface area contributed by atoms with Crippen molar-refractivity contribution in [3.8, 4) is 11.4 Å². The summed E-state index contributed by atoms with van der Waals surface area (Å²) in [7, 11) is 0. The Morgan fingerprint density at radius 3 is 2.79 bits per heavy atom. The number of carbonyl (C=O) groups excluding carboxylic acids is 1. The molecule has 2 aromatic carbocycles. The number of carbonyl (C=O) groups is 1. The van der Waals surface area contributed by atoms with Crippen LogP contribution in [0.15, 0.2) is 58.2 Å². The minimum Gasteiger partial charge on any atom is -0.325 e. The molecule has 0 aliphatic carbocycles. The molecular formula is C17H15BrN4OS. The summed E-state index contributed by atoms with van der Waals surface area (Å²) in [5.41, 5.74) is 2.81. The molecule has 3 rings (SSSR count). The summed E-state index contributed by atoms with van der Waals surface area (Å²) >= 11 is 4.74. The van der Waals surface area contributed by atoms with Crippen LogP contribution in [0, 0.1) is 6.92 Å². The molecule has 0 atom stereocenters. The van der Waals surface area contributed by atoms with Crippen molar-refractivity contribution in [2.45, 2.75) is 12.1 Å². The fraction of sp³-hybridized carbons (Fsp3) is 0.118. The standard InChI is InChI=1S/C17H15BrN4OS/c1-11-9-13(7-8-14(11)18)19-15(23)10-24-17-20-16(21-22-17)12-5-3-2-4-6-12/h2-9H,10H2,1H3,(H,19,23)(H,20,21,22). The number of halogens is 1. The number of aromatic nitrogens is 3. The first kappa shape index (κ1) is 16.7. The van der Waals surface area contributed by atoms with E-state index in [1.165, 1.54) is 11.8 Å². The summed E-state index contributed by atoms with van der Waals surface area (Å²) in [6, 6.07) is 15.4. The summed E-state index contributed by atoms with van der Waals surface area (Å²) in [4.78, 5) is 16.4. The molecule has 122 valence electrons. The molecule has 2 N–H and O–H groups in total. The van der Waals surface area contributed by atoms with E-state index in [1.807, 2.05) is 55.5 Å². The first-order chi connectivity index (χ1) is 11.6. The van der Waals surface area contributed by atoms with Crippen molar-refractivity contribution in [1.29, 1.82) is 0 Å². The van der Waals surface area contributed by atoms with Crippen LogP contribution < -0.4 is 5.32 Å². The fourth-order valence-electron chi connectivity index (χ4n) is 2.09. The summed E-state index contributed by atoms with van der Waals surface area (Å²) in [6.07, 6.45) is 0. The molecule has 1 heterocycles. The van der Waals surface area contributed by atoms with Crippen molar-refractivity contribution in [1.82, 2.24) is 15.2 Å². The molecule has 3 aromatic rings. The van der Waals surface area contributed by atoms with Crippen molar-refractivity contribution < 1.29 is 4.79 Å². The van der Waals surface area contributed by atoms with Gasteiger partial charge in [-0.15, -0.1) is 5.10 Å². The van der Waals surface area contributed by atoms with Gasteiger partial charge in [0.05, 0.1) is 5.75 Å². The summed E-state index contributed by atoms with van der Waals surface area (Å²) in [5.74, 6) is 0.858. The Bertz CT molecular complexity index is 851. The van der Waals surface area contributed by atoms with Crippen LogP contribution in [-0.2, 0) is 4.79 Å². The normalized spacial score (nSPS) is 10.6.